The van der Waals surface area contributed by atoms with Crippen LogP contribution in [0.1, 0.15) is 26.7 Å². The van der Waals surface area contributed by atoms with Gasteiger partial charge in [-0.3, -0.25) is 15.1 Å². The number of carbonyl (C=O) groups excluding carboxylic acids is 1. The third-order valence-corrected chi connectivity index (χ3v) is 3.97. The molecule has 1 amide bonds. The summed E-state index contributed by atoms with van der Waals surface area (Å²) in [6.45, 7) is 5.00. The fraction of sp³-hybridized carbons (Fsp3) is 0.818. The van der Waals surface area contributed by atoms with E-state index >= 15 is 0 Å². The summed E-state index contributed by atoms with van der Waals surface area (Å²) in [6, 6.07) is 0. The summed E-state index contributed by atoms with van der Waals surface area (Å²) in [5.74, 6) is 3.40. The van der Waals surface area contributed by atoms with Crippen LogP contribution < -0.4 is 10.6 Å². The molecular formula is C11H19N3OS. The summed E-state index contributed by atoms with van der Waals surface area (Å²) >= 11 is 1.92. The lowest BCUT2D eigenvalue weighted by molar-refractivity contribution is -0.124. The zero-order valence-electron chi connectivity index (χ0n) is 9.88. The van der Waals surface area contributed by atoms with E-state index in [0.29, 0.717) is 11.9 Å². The standard InChI is InChI=1S/C11H19N3OS/c1-8(2)7-12-10-13-9(15)11(14-10)3-5-16-6-4-11/h8H,3-7H2,1-2H3,(H2,12,13,14,15). The molecule has 2 fully saturated rings. The molecule has 0 aliphatic carbocycles. The number of nitrogens with zero attached hydrogens (tertiary/aromatic N) is 1. The highest BCUT2D eigenvalue weighted by atomic mass is 32.2. The number of hydrogen-bond acceptors (Lipinski definition) is 3. The first kappa shape index (κ1) is 11.8. The average molecular weight is 241 g/mol. The van der Waals surface area contributed by atoms with Crippen molar-refractivity contribution < 1.29 is 4.79 Å². The predicted molar refractivity (Wildman–Crippen MR) is 67.7 cm³/mol. The highest BCUT2D eigenvalue weighted by Crippen LogP contribution is 2.29. The second kappa shape index (κ2) is 4.65. The van der Waals surface area contributed by atoms with Gasteiger partial charge in [-0.15, -0.1) is 0 Å². The van der Waals surface area contributed by atoms with E-state index in [1.165, 1.54) is 0 Å². The van der Waals surface area contributed by atoms with Crippen LogP contribution in [0, 0.1) is 5.92 Å². The van der Waals surface area contributed by atoms with E-state index in [2.05, 4.69) is 29.5 Å². The topological polar surface area (TPSA) is 53.5 Å². The first-order chi connectivity index (χ1) is 7.62. The van der Waals surface area contributed by atoms with E-state index in [-0.39, 0.29) is 11.4 Å². The molecule has 0 bridgehead atoms. The van der Waals surface area contributed by atoms with Gasteiger partial charge in [-0.05, 0) is 30.3 Å². The second-order valence-corrected chi connectivity index (χ2v) is 6.08. The molecule has 16 heavy (non-hydrogen) atoms. The number of guanidine groups is 1. The van der Waals surface area contributed by atoms with Crippen molar-refractivity contribution in [3.8, 4) is 0 Å². The Labute approximate surface area is 101 Å². The molecule has 4 nitrogen and oxygen atoms in total. The minimum Gasteiger partial charge on any atom is -0.342 e. The Kier molecular flexibility index (Phi) is 3.42. The fourth-order valence-corrected chi connectivity index (χ4v) is 3.16. The lowest BCUT2D eigenvalue weighted by Crippen LogP contribution is -2.49. The minimum absolute atomic E-state index is 0.107. The maximum Gasteiger partial charge on any atom is 0.252 e. The fourth-order valence-electron chi connectivity index (χ4n) is 1.97. The van der Waals surface area contributed by atoms with Gasteiger partial charge in [0.25, 0.3) is 5.91 Å². The molecule has 2 N–H and O–H groups in total. The van der Waals surface area contributed by atoms with Crippen LogP contribution in [-0.4, -0.2) is 35.5 Å². The van der Waals surface area contributed by atoms with Crippen molar-refractivity contribution in [1.29, 1.82) is 0 Å². The Balaban J connectivity index is 2.03. The molecule has 2 saturated heterocycles. The third-order valence-electron chi connectivity index (χ3n) is 2.99. The smallest absolute Gasteiger partial charge is 0.252 e. The zero-order chi connectivity index (χ0) is 11.6. The largest absolute Gasteiger partial charge is 0.342 e. The van der Waals surface area contributed by atoms with Crippen molar-refractivity contribution in [2.24, 2.45) is 10.9 Å². The molecule has 2 aliphatic heterocycles. The summed E-state index contributed by atoms with van der Waals surface area (Å²) in [4.78, 5) is 16.3. The molecule has 5 heteroatoms. The molecule has 0 aromatic heterocycles. The van der Waals surface area contributed by atoms with E-state index in [9.17, 15) is 4.79 Å². The number of amides is 1. The van der Waals surface area contributed by atoms with Gasteiger partial charge in [-0.2, -0.15) is 11.8 Å². The summed E-state index contributed by atoms with van der Waals surface area (Å²) in [6.07, 6.45) is 1.81. The number of thioether (sulfide) groups is 1. The van der Waals surface area contributed by atoms with Crippen LogP contribution in [0.15, 0.2) is 4.99 Å². The molecule has 2 aliphatic rings. The SMILES string of the molecule is CC(C)CN=C1NC(=O)C2(CCSCC2)N1. The summed E-state index contributed by atoms with van der Waals surface area (Å²) in [5.41, 5.74) is -0.360. The normalized spacial score (nSPS) is 26.2. The van der Waals surface area contributed by atoms with Crippen molar-refractivity contribution in [3.63, 3.8) is 0 Å². The van der Waals surface area contributed by atoms with Gasteiger partial charge < -0.3 is 5.32 Å². The Morgan fingerprint density at radius 2 is 2.12 bits per heavy atom. The quantitative estimate of drug-likeness (QED) is 0.758. The molecule has 0 saturated carbocycles. The summed E-state index contributed by atoms with van der Waals surface area (Å²) in [5, 5.41) is 6.15. The van der Waals surface area contributed by atoms with E-state index in [1.54, 1.807) is 0 Å². The Bertz CT molecular complexity index is 308. The highest BCUT2D eigenvalue weighted by molar-refractivity contribution is 7.99. The summed E-state index contributed by atoms with van der Waals surface area (Å²) in [7, 11) is 0. The summed E-state index contributed by atoms with van der Waals surface area (Å²) < 4.78 is 0. The number of rotatable bonds is 2. The van der Waals surface area contributed by atoms with E-state index in [4.69, 9.17) is 0 Å². The van der Waals surface area contributed by atoms with Gasteiger partial charge in [-0.25, -0.2) is 0 Å². The van der Waals surface area contributed by atoms with Gasteiger partial charge in [0.05, 0.1) is 0 Å². The van der Waals surface area contributed by atoms with Gasteiger partial charge in [0, 0.05) is 6.54 Å². The molecule has 2 heterocycles. The number of carbonyl (C=O) groups is 1. The van der Waals surface area contributed by atoms with Crippen LogP contribution in [0.5, 0.6) is 0 Å². The highest BCUT2D eigenvalue weighted by Gasteiger charge is 2.45. The lowest BCUT2D eigenvalue weighted by atomic mass is 9.93. The molecule has 0 aromatic carbocycles. The number of aliphatic imine (C=N–C) groups is 1. The van der Waals surface area contributed by atoms with Crippen molar-refractivity contribution in [2.45, 2.75) is 32.2 Å². The molecule has 0 atom stereocenters. The predicted octanol–water partition coefficient (Wildman–Crippen LogP) is 0.984. The minimum atomic E-state index is -0.360. The molecule has 2 rings (SSSR count). The maximum atomic E-state index is 11.9. The monoisotopic (exact) mass is 241 g/mol. The van der Waals surface area contributed by atoms with Gasteiger partial charge in [0.15, 0.2) is 5.96 Å². The number of hydrogen-bond donors (Lipinski definition) is 2. The van der Waals surface area contributed by atoms with E-state index < -0.39 is 0 Å². The van der Waals surface area contributed by atoms with Crippen LogP contribution in [0.4, 0.5) is 0 Å². The first-order valence-corrected chi connectivity index (χ1v) is 7.00. The van der Waals surface area contributed by atoms with E-state index in [1.807, 2.05) is 11.8 Å². The van der Waals surface area contributed by atoms with Crippen molar-refractivity contribution in [1.82, 2.24) is 10.6 Å². The Morgan fingerprint density at radius 1 is 1.44 bits per heavy atom. The van der Waals surface area contributed by atoms with Crippen molar-refractivity contribution in [3.05, 3.63) is 0 Å². The zero-order valence-corrected chi connectivity index (χ0v) is 10.7. The van der Waals surface area contributed by atoms with Crippen LogP contribution in [0.25, 0.3) is 0 Å². The lowest BCUT2D eigenvalue weighted by Gasteiger charge is -2.29. The molecule has 0 aromatic rings. The molecule has 0 unspecified atom stereocenters. The van der Waals surface area contributed by atoms with Gasteiger partial charge >= 0.3 is 0 Å². The number of nitrogens with one attached hydrogen (secondary N) is 2. The van der Waals surface area contributed by atoms with Gasteiger partial charge in [0.1, 0.15) is 5.54 Å². The van der Waals surface area contributed by atoms with Crippen LogP contribution in [-0.2, 0) is 4.79 Å². The average Bonchev–Trinajstić information content (AvgIpc) is 2.54. The van der Waals surface area contributed by atoms with Crippen molar-refractivity contribution in [2.75, 3.05) is 18.1 Å². The van der Waals surface area contributed by atoms with Crippen LogP contribution >= 0.6 is 11.8 Å². The molecule has 0 radical (unpaired) electrons. The maximum absolute atomic E-state index is 11.9. The Morgan fingerprint density at radius 3 is 2.75 bits per heavy atom. The Hall–Kier alpha value is -0.710. The van der Waals surface area contributed by atoms with Gasteiger partial charge in [-0.1, -0.05) is 13.8 Å². The van der Waals surface area contributed by atoms with Crippen molar-refractivity contribution >= 4 is 23.6 Å². The van der Waals surface area contributed by atoms with Crippen LogP contribution in [0.3, 0.4) is 0 Å². The molecule has 1 spiro atoms. The first-order valence-electron chi connectivity index (χ1n) is 5.84. The third kappa shape index (κ3) is 2.34. The molecular weight excluding hydrogens is 222 g/mol. The van der Waals surface area contributed by atoms with E-state index in [0.717, 1.165) is 30.9 Å². The molecule has 90 valence electrons. The van der Waals surface area contributed by atoms with Crippen LogP contribution in [0.2, 0.25) is 0 Å². The van der Waals surface area contributed by atoms with Gasteiger partial charge in [0.2, 0.25) is 0 Å². The second-order valence-electron chi connectivity index (χ2n) is 4.86.